The molecular formula is C23H28ClF2N5O2. The third kappa shape index (κ3) is 4.38. The molecule has 0 radical (unpaired) electrons. The van der Waals surface area contributed by atoms with Gasteiger partial charge in [-0.25, -0.2) is 13.8 Å². The summed E-state index contributed by atoms with van der Waals surface area (Å²) in [6.45, 7) is 7.09. The number of anilines is 1. The summed E-state index contributed by atoms with van der Waals surface area (Å²) in [5.41, 5.74) is -0.277. The third-order valence-electron chi connectivity index (χ3n) is 6.96. The standard InChI is InChI=1S/C23H28ClF2N5O2/c1-2-9-32-16-5-3-7-30(13-16)21-17-11-27-20(24)18(26)19(17)28-22(29-21)33-14-23-6-4-8-31(23)12-15(25)10-23/h2,11,15-16H,1,3-10,12-14H2/t15-,16-,23+/m1/s1. The van der Waals surface area contributed by atoms with Gasteiger partial charge in [0.25, 0.3) is 0 Å². The van der Waals surface area contributed by atoms with Crippen LogP contribution in [-0.2, 0) is 4.74 Å². The Balaban J connectivity index is 1.46. The first-order chi connectivity index (χ1) is 16.0. The number of halogens is 3. The second-order valence-corrected chi connectivity index (χ2v) is 9.51. The van der Waals surface area contributed by atoms with Gasteiger partial charge in [0.15, 0.2) is 11.0 Å². The fourth-order valence-electron chi connectivity index (χ4n) is 5.42. The van der Waals surface area contributed by atoms with Crippen molar-refractivity contribution in [3.05, 3.63) is 29.8 Å². The smallest absolute Gasteiger partial charge is 0.319 e. The number of aromatic nitrogens is 3. The molecule has 0 amide bonds. The molecule has 3 aliphatic rings. The molecule has 2 aromatic rings. The second-order valence-electron chi connectivity index (χ2n) is 9.15. The van der Waals surface area contributed by atoms with Crippen LogP contribution in [0.4, 0.5) is 14.6 Å². The maximum atomic E-state index is 14.9. The number of pyridine rings is 1. The molecule has 0 bridgehead atoms. The first kappa shape index (κ1) is 22.7. The van der Waals surface area contributed by atoms with Gasteiger partial charge in [0.1, 0.15) is 24.1 Å². The molecule has 0 spiro atoms. The van der Waals surface area contributed by atoms with E-state index in [0.29, 0.717) is 37.3 Å². The highest BCUT2D eigenvalue weighted by Gasteiger charge is 2.49. The number of fused-ring (bicyclic) bond motifs is 2. The van der Waals surface area contributed by atoms with Gasteiger partial charge in [-0.2, -0.15) is 9.97 Å². The number of ether oxygens (including phenoxy) is 2. The van der Waals surface area contributed by atoms with Gasteiger partial charge in [0, 0.05) is 32.3 Å². The molecule has 5 heterocycles. The number of nitrogens with zero attached hydrogens (tertiary/aromatic N) is 5. The molecule has 0 unspecified atom stereocenters. The average Bonchev–Trinajstić information content (AvgIpc) is 3.34. The Kier molecular flexibility index (Phi) is 6.37. The van der Waals surface area contributed by atoms with E-state index < -0.39 is 12.0 Å². The van der Waals surface area contributed by atoms with Gasteiger partial charge < -0.3 is 14.4 Å². The van der Waals surface area contributed by atoms with Crippen molar-refractivity contribution in [2.45, 2.75) is 49.9 Å². The summed E-state index contributed by atoms with van der Waals surface area (Å²) < 4.78 is 40.9. The third-order valence-corrected chi connectivity index (χ3v) is 7.22. The van der Waals surface area contributed by atoms with E-state index in [0.717, 1.165) is 38.8 Å². The van der Waals surface area contributed by atoms with E-state index in [1.807, 2.05) is 0 Å². The van der Waals surface area contributed by atoms with Crippen LogP contribution in [-0.4, -0.2) is 77.1 Å². The fourth-order valence-corrected chi connectivity index (χ4v) is 5.56. The number of hydrogen-bond acceptors (Lipinski definition) is 7. The van der Waals surface area contributed by atoms with Crippen LogP contribution >= 0.6 is 11.6 Å². The Morgan fingerprint density at radius 2 is 2.15 bits per heavy atom. The number of piperidine rings is 1. The van der Waals surface area contributed by atoms with Crippen LogP contribution in [0.25, 0.3) is 10.9 Å². The van der Waals surface area contributed by atoms with E-state index >= 15 is 0 Å². The van der Waals surface area contributed by atoms with Crippen LogP contribution in [0.1, 0.15) is 32.1 Å². The molecule has 3 aliphatic heterocycles. The fraction of sp³-hybridized carbons (Fsp3) is 0.609. The minimum atomic E-state index is -0.856. The van der Waals surface area contributed by atoms with Gasteiger partial charge in [-0.1, -0.05) is 17.7 Å². The van der Waals surface area contributed by atoms with Gasteiger partial charge in [0.05, 0.1) is 23.6 Å². The van der Waals surface area contributed by atoms with Crippen LogP contribution in [0.5, 0.6) is 6.01 Å². The van der Waals surface area contributed by atoms with E-state index in [2.05, 4.69) is 31.3 Å². The molecule has 0 N–H and O–H groups in total. The lowest BCUT2D eigenvalue weighted by Gasteiger charge is -2.34. The largest absolute Gasteiger partial charge is 0.461 e. The van der Waals surface area contributed by atoms with Gasteiger partial charge in [0.2, 0.25) is 0 Å². The minimum Gasteiger partial charge on any atom is -0.461 e. The van der Waals surface area contributed by atoms with Crippen molar-refractivity contribution in [1.29, 1.82) is 0 Å². The van der Waals surface area contributed by atoms with Crippen LogP contribution < -0.4 is 9.64 Å². The predicted molar refractivity (Wildman–Crippen MR) is 122 cm³/mol. The van der Waals surface area contributed by atoms with Crippen molar-refractivity contribution < 1.29 is 18.3 Å². The highest BCUT2D eigenvalue weighted by molar-refractivity contribution is 6.30. The van der Waals surface area contributed by atoms with Crippen LogP contribution in [0.3, 0.4) is 0 Å². The zero-order valence-corrected chi connectivity index (χ0v) is 19.2. The van der Waals surface area contributed by atoms with Gasteiger partial charge in [-0.15, -0.1) is 6.58 Å². The first-order valence-electron chi connectivity index (χ1n) is 11.5. The second kappa shape index (κ2) is 9.27. The summed E-state index contributed by atoms with van der Waals surface area (Å²) in [4.78, 5) is 17.2. The molecule has 7 nitrogen and oxygen atoms in total. The normalized spacial score (nSPS) is 27.8. The van der Waals surface area contributed by atoms with Crippen LogP contribution in [0.15, 0.2) is 18.9 Å². The highest BCUT2D eigenvalue weighted by Crippen LogP contribution is 2.40. The molecule has 0 saturated carbocycles. The molecular weight excluding hydrogens is 452 g/mol. The van der Waals surface area contributed by atoms with Crippen LogP contribution in [0, 0.1) is 5.82 Å². The Morgan fingerprint density at radius 3 is 3.00 bits per heavy atom. The molecule has 178 valence electrons. The molecule has 0 aliphatic carbocycles. The highest BCUT2D eigenvalue weighted by atomic mass is 35.5. The molecule has 10 heteroatoms. The minimum absolute atomic E-state index is 0.0159. The lowest BCUT2D eigenvalue weighted by Crippen LogP contribution is -2.43. The Bertz CT molecular complexity index is 1040. The summed E-state index contributed by atoms with van der Waals surface area (Å²) in [5.74, 6) is -0.162. The maximum absolute atomic E-state index is 14.9. The zero-order chi connectivity index (χ0) is 23.0. The van der Waals surface area contributed by atoms with E-state index in [9.17, 15) is 8.78 Å². The van der Waals surface area contributed by atoms with Gasteiger partial charge in [-0.05, 0) is 32.2 Å². The van der Waals surface area contributed by atoms with E-state index in [1.54, 1.807) is 6.08 Å². The molecule has 3 fully saturated rings. The Morgan fingerprint density at radius 1 is 1.27 bits per heavy atom. The molecule has 3 atom stereocenters. The molecule has 33 heavy (non-hydrogen) atoms. The van der Waals surface area contributed by atoms with Crippen molar-refractivity contribution in [2.75, 3.05) is 44.3 Å². The van der Waals surface area contributed by atoms with Crippen molar-refractivity contribution >= 4 is 28.3 Å². The SMILES string of the molecule is C=CCO[C@@H]1CCCN(c2nc(OC[C@@]34CCCN3C[C@H](F)C4)nc3c(F)c(Cl)ncc23)C1. The van der Waals surface area contributed by atoms with Gasteiger partial charge >= 0.3 is 6.01 Å². The van der Waals surface area contributed by atoms with E-state index in [-0.39, 0.29) is 34.9 Å². The monoisotopic (exact) mass is 479 g/mol. The summed E-state index contributed by atoms with van der Waals surface area (Å²) in [6, 6.07) is 0.0660. The van der Waals surface area contributed by atoms with Crippen molar-refractivity contribution in [1.82, 2.24) is 19.9 Å². The molecule has 2 aromatic heterocycles. The van der Waals surface area contributed by atoms with Gasteiger partial charge in [-0.3, -0.25) is 4.90 Å². The van der Waals surface area contributed by atoms with Crippen molar-refractivity contribution in [3.8, 4) is 6.01 Å². The zero-order valence-electron chi connectivity index (χ0n) is 18.5. The van der Waals surface area contributed by atoms with Crippen molar-refractivity contribution in [2.24, 2.45) is 0 Å². The predicted octanol–water partition coefficient (Wildman–Crippen LogP) is 3.94. The Hall–Kier alpha value is -2.10. The Labute approximate surface area is 196 Å². The summed E-state index contributed by atoms with van der Waals surface area (Å²) >= 11 is 5.95. The topological polar surface area (TPSA) is 63.6 Å². The summed E-state index contributed by atoms with van der Waals surface area (Å²) in [6.07, 6.45) is 6.53. The van der Waals surface area contributed by atoms with E-state index in [4.69, 9.17) is 21.1 Å². The maximum Gasteiger partial charge on any atom is 0.319 e. The summed E-state index contributed by atoms with van der Waals surface area (Å²) in [5, 5.41) is 0.222. The molecule has 3 saturated heterocycles. The number of hydrogen-bond donors (Lipinski definition) is 0. The van der Waals surface area contributed by atoms with Crippen LogP contribution in [0.2, 0.25) is 5.15 Å². The molecule has 0 aromatic carbocycles. The first-order valence-corrected chi connectivity index (χ1v) is 11.9. The average molecular weight is 480 g/mol. The quantitative estimate of drug-likeness (QED) is 0.440. The summed E-state index contributed by atoms with van der Waals surface area (Å²) in [7, 11) is 0. The molecule has 5 rings (SSSR count). The lowest BCUT2D eigenvalue weighted by molar-refractivity contribution is 0.0631. The number of rotatable bonds is 7. The number of alkyl halides is 1. The van der Waals surface area contributed by atoms with E-state index in [1.165, 1.54) is 6.20 Å². The lowest BCUT2D eigenvalue weighted by atomic mass is 9.95. The van der Waals surface area contributed by atoms with Crippen molar-refractivity contribution in [3.63, 3.8) is 0 Å².